The monoisotopic (exact) mass is 294 g/mol. The average molecular weight is 295 g/mol. The Morgan fingerprint density at radius 1 is 1.25 bits per heavy atom. The molecule has 114 valence electrons. The molecule has 0 spiro atoms. The molecule has 1 N–H and O–H groups in total. The number of hydrogen-bond donors (Lipinski definition) is 1. The third-order valence-electron chi connectivity index (χ3n) is 3.41. The largest absolute Gasteiger partial charge is 0.308 e. The van der Waals surface area contributed by atoms with E-state index in [1.54, 1.807) is 0 Å². The van der Waals surface area contributed by atoms with Crippen molar-refractivity contribution >= 4 is 11.8 Å². The molecule has 2 nitrogen and oxygen atoms in total. The lowest BCUT2D eigenvalue weighted by Crippen LogP contribution is -2.35. The molecular formula is C17H30N2S. The first kappa shape index (κ1) is 17.5. The van der Waals surface area contributed by atoms with Crippen LogP contribution in [0.5, 0.6) is 0 Å². The van der Waals surface area contributed by atoms with Crippen molar-refractivity contribution in [3.63, 3.8) is 0 Å². The first-order valence-corrected chi connectivity index (χ1v) is 8.73. The summed E-state index contributed by atoms with van der Waals surface area (Å²) < 4.78 is 0. The van der Waals surface area contributed by atoms with Gasteiger partial charge in [-0.05, 0) is 52.1 Å². The van der Waals surface area contributed by atoms with Crippen LogP contribution in [0.25, 0.3) is 0 Å². The molecule has 20 heavy (non-hydrogen) atoms. The molecule has 3 heteroatoms. The van der Waals surface area contributed by atoms with Crippen LogP contribution in [0.4, 0.5) is 0 Å². The Balaban J connectivity index is 2.59. The second kappa shape index (κ2) is 8.06. The van der Waals surface area contributed by atoms with Crippen molar-refractivity contribution in [1.29, 1.82) is 0 Å². The maximum absolute atomic E-state index is 3.54. The van der Waals surface area contributed by atoms with Gasteiger partial charge in [0.2, 0.25) is 0 Å². The lowest BCUT2D eigenvalue weighted by molar-refractivity contribution is 0.269. The molecule has 0 saturated carbocycles. The topological polar surface area (TPSA) is 15.3 Å². The van der Waals surface area contributed by atoms with Gasteiger partial charge in [0.25, 0.3) is 0 Å². The molecule has 1 rings (SSSR count). The molecule has 0 aliphatic heterocycles. The summed E-state index contributed by atoms with van der Waals surface area (Å²) in [6.45, 7) is 10.9. The molecule has 0 radical (unpaired) electrons. The van der Waals surface area contributed by atoms with Crippen molar-refractivity contribution in [1.82, 2.24) is 10.2 Å². The van der Waals surface area contributed by atoms with Crippen molar-refractivity contribution in [3.05, 3.63) is 35.4 Å². The van der Waals surface area contributed by atoms with Crippen molar-refractivity contribution < 1.29 is 0 Å². The molecule has 1 atom stereocenters. The third-order valence-corrected chi connectivity index (χ3v) is 4.22. The minimum absolute atomic E-state index is 0.166. The molecular weight excluding hydrogens is 264 g/mol. The van der Waals surface area contributed by atoms with Gasteiger partial charge in [0.15, 0.2) is 0 Å². The van der Waals surface area contributed by atoms with Crippen LogP contribution in [0.15, 0.2) is 24.3 Å². The molecule has 0 saturated heterocycles. The van der Waals surface area contributed by atoms with Gasteiger partial charge in [-0.25, -0.2) is 0 Å². The standard InChI is InChI=1S/C17H30N2S/c1-14(13-20-6)19(5)12-16-9-7-8-15(10-16)11-18-17(2,3)4/h7-10,14,18H,11-13H2,1-6H3. The average Bonchev–Trinajstić information content (AvgIpc) is 2.36. The molecule has 0 fully saturated rings. The van der Waals surface area contributed by atoms with Crippen molar-refractivity contribution in [3.8, 4) is 0 Å². The van der Waals surface area contributed by atoms with E-state index in [0.717, 1.165) is 13.1 Å². The number of benzene rings is 1. The smallest absolute Gasteiger partial charge is 0.0233 e. The summed E-state index contributed by atoms with van der Waals surface area (Å²) in [5.41, 5.74) is 2.93. The Morgan fingerprint density at radius 3 is 2.50 bits per heavy atom. The molecule has 0 bridgehead atoms. The van der Waals surface area contributed by atoms with Gasteiger partial charge in [0.1, 0.15) is 0 Å². The molecule has 1 aromatic carbocycles. The van der Waals surface area contributed by atoms with Crippen molar-refractivity contribution in [2.45, 2.75) is 52.4 Å². The SMILES string of the molecule is CSCC(C)N(C)Cc1cccc(CNC(C)(C)C)c1. The van der Waals surface area contributed by atoms with Crippen LogP contribution in [0, 0.1) is 0 Å². The fourth-order valence-electron chi connectivity index (χ4n) is 2.02. The minimum atomic E-state index is 0.166. The maximum Gasteiger partial charge on any atom is 0.0233 e. The second-order valence-corrected chi connectivity index (χ2v) is 7.55. The number of rotatable bonds is 7. The van der Waals surface area contributed by atoms with E-state index in [2.05, 4.69) is 75.5 Å². The van der Waals surface area contributed by atoms with Crippen LogP contribution in [0.1, 0.15) is 38.8 Å². The lowest BCUT2D eigenvalue weighted by atomic mass is 10.1. The van der Waals surface area contributed by atoms with Gasteiger partial charge in [-0.3, -0.25) is 4.90 Å². The fraction of sp³-hybridized carbons (Fsp3) is 0.647. The number of nitrogens with zero attached hydrogens (tertiary/aromatic N) is 1. The first-order chi connectivity index (χ1) is 9.31. The molecule has 1 unspecified atom stereocenters. The summed E-state index contributed by atoms with van der Waals surface area (Å²) in [6.07, 6.45) is 2.17. The Bertz CT molecular complexity index is 398. The van der Waals surface area contributed by atoms with Gasteiger partial charge in [-0.1, -0.05) is 24.3 Å². The molecule has 0 aliphatic rings. The Morgan fingerprint density at radius 2 is 1.90 bits per heavy atom. The maximum atomic E-state index is 3.54. The van der Waals surface area contributed by atoms with Gasteiger partial charge >= 0.3 is 0 Å². The van der Waals surface area contributed by atoms with Crippen LogP contribution in [0.3, 0.4) is 0 Å². The Labute approximate surface area is 129 Å². The molecule has 0 aliphatic carbocycles. The fourth-order valence-corrected chi connectivity index (χ4v) is 2.75. The third kappa shape index (κ3) is 6.78. The normalized spacial score (nSPS) is 13.8. The van der Waals surface area contributed by atoms with Crippen LogP contribution >= 0.6 is 11.8 Å². The predicted octanol–water partition coefficient (Wildman–Crippen LogP) is 3.76. The molecule has 0 amide bonds. The highest BCUT2D eigenvalue weighted by molar-refractivity contribution is 7.98. The number of hydrogen-bond acceptors (Lipinski definition) is 3. The molecule has 1 aromatic rings. The van der Waals surface area contributed by atoms with Crippen LogP contribution in [0.2, 0.25) is 0 Å². The highest BCUT2D eigenvalue weighted by Crippen LogP contribution is 2.12. The summed E-state index contributed by atoms with van der Waals surface area (Å²) in [5, 5.41) is 3.54. The lowest BCUT2D eigenvalue weighted by Gasteiger charge is -2.24. The number of thioether (sulfide) groups is 1. The van der Waals surface area contributed by atoms with E-state index in [1.165, 1.54) is 16.9 Å². The predicted molar refractivity (Wildman–Crippen MR) is 92.3 cm³/mol. The Hall–Kier alpha value is -0.510. The van der Waals surface area contributed by atoms with E-state index < -0.39 is 0 Å². The van der Waals surface area contributed by atoms with Crippen molar-refractivity contribution in [2.75, 3.05) is 19.1 Å². The van der Waals surface area contributed by atoms with E-state index in [4.69, 9.17) is 0 Å². The first-order valence-electron chi connectivity index (χ1n) is 7.34. The minimum Gasteiger partial charge on any atom is -0.308 e. The van der Waals surface area contributed by atoms with E-state index in [1.807, 2.05) is 11.8 Å². The molecule has 0 aromatic heterocycles. The summed E-state index contributed by atoms with van der Waals surface area (Å²) in [7, 11) is 2.21. The molecule has 0 heterocycles. The van der Waals surface area contributed by atoms with Gasteiger partial charge in [0.05, 0.1) is 0 Å². The van der Waals surface area contributed by atoms with Crippen LogP contribution in [-0.4, -0.2) is 35.5 Å². The van der Waals surface area contributed by atoms with Gasteiger partial charge in [-0.2, -0.15) is 11.8 Å². The van der Waals surface area contributed by atoms with E-state index in [-0.39, 0.29) is 5.54 Å². The zero-order valence-corrected chi connectivity index (χ0v) is 14.7. The quantitative estimate of drug-likeness (QED) is 0.824. The zero-order valence-electron chi connectivity index (χ0n) is 13.9. The summed E-state index contributed by atoms with van der Waals surface area (Å²) in [5.74, 6) is 1.18. The second-order valence-electron chi connectivity index (χ2n) is 6.64. The van der Waals surface area contributed by atoms with E-state index in [9.17, 15) is 0 Å². The van der Waals surface area contributed by atoms with Gasteiger partial charge in [-0.15, -0.1) is 0 Å². The van der Waals surface area contributed by atoms with Gasteiger partial charge in [0, 0.05) is 30.4 Å². The Kier molecular flexibility index (Phi) is 7.07. The number of nitrogens with one attached hydrogen (secondary N) is 1. The summed E-state index contributed by atoms with van der Waals surface area (Å²) in [6, 6.07) is 9.53. The summed E-state index contributed by atoms with van der Waals surface area (Å²) in [4.78, 5) is 2.42. The van der Waals surface area contributed by atoms with Crippen LogP contribution < -0.4 is 5.32 Å². The van der Waals surface area contributed by atoms with E-state index >= 15 is 0 Å². The summed E-state index contributed by atoms with van der Waals surface area (Å²) >= 11 is 1.91. The highest BCUT2D eigenvalue weighted by Gasteiger charge is 2.10. The highest BCUT2D eigenvalue weighted by atomic mass is 32.2. The van der Waals surface area contributed by atoms with Gasteiger partial charge < -0.3 is 5.32 Å². The zero-order chi connectivity index (χ0) is 15.2. The van der Waals surface area contributed by atoms with Crippen LogP contribution in [-0.2, 0) is 13.1 Å². The van der Waals surface area contributed by atoms with Crippen molar-refractivity contribution in [2.24, 2.45) is 0 Å². The van der Waals surface area contributed by atoms with E-state index in [0.29, 0.717) is 6.04 Å².